The van der Waals surface area contributed by atoms with Crippen molar-refractivity contribution in [3.8, 4) is 6.07 Å². The van der Waals surface area contributed by atoms with E-state index in [1.54, 1.807) is 0 Å². The summed E-state index contributed by atoms with van der Waals surface area (Å²) in [6, 6.07) is 2.85. The van der Waals surface area contributed by atoms with Crippen molar-refractivity contribution in [2.45, 2.75) is 12.8 Å². The first kappa shape index (κ1) is 10.7. The molecule has 0 atom stereocenters. The lowest BCUT2D eigenvalue weighted by Gasteiger charge is -2.06. The predicted molar refractivity (Wildman–Crippen MR) is 47.9 cm³/mol. The van der Waals surface area contributed by atoms with E-state index in [9.17, 15) is 8.78 Å². The Hall–Kier alpha value is -1.41. The van der Waals surface area contributed by atoms with Crippen molar-refractivity contribution in [2.75, 3.05) is 5.73 Å². The molecule has 14 heavy (non-hydrogen) atoms. The van der Waals surface area contributed by atoms with Gasteiger partial charge in [-0.1, -0.05) is 11.6 Å². The monoisotopic (exact) mass is 217 g/mol. The Morgan fingerprint density at radius 3 is 2.71 bits per heavy atom. The molecule has 0 amide bonds. The van der Waals surface area contributed by atoms with Crippen molar-refractivity contribution in [2.24, 2.45) is 0 Å². The number of alkyl halides is 2. The van der Waals surface area contributed by atoms with E-state index < -0.39 is 12.1 Å². The molecule has 0 bridgehead atoms. The number of anilines is 1. The molecule has 3 nitrogen and oxygen atoms in total. The summed E-state index contributed by atoms with van der Waals surface area (Å²) in [7, 11) is 0. The van der Waals surface area contributed by atoms with Crippen LogP contribution in [0, 0.1) is 11.3 Å². The van der Waals surface area contributed by atoms with Gasteiger partial charge in [0.25, 0.3) is 6.43 Å². The fourth-order valence-electron chi connectivity index (χ4n) is 0.944. The van der Waals surface area contributed by atoms with Crippen LogP contribution < -0.4 is 5.73 Å². The second-order valence-electron chi connectivity index (χ2n) is 2.54. The number of hydrogen-bond donors (Lipinski definition) is 1. The maximum absolute atomic E-state index is 12.2. The minimum atomic E-state index is -2.72. The molecule has 2 N–H and O–H groups in total. The van der Waals surface area contributed by atoms with Crippen LogP contribution in [0.25, 0.3) is 0 Å². The molecule has 74 valence electrons. The zero-order chi connectivity index (χ0) is 10.7. The average molecular weight is 218 g/mol. The van der Waals surface area contributed by atoms with Crippen LogP contribution in [0.4, 0.5) is 14.5 Å². The van der Waals surface area contributed by atoms with Gasteiger partial charge in [0.1, 0.15) is 10.8 Å². The molecule has 0 aliphatic carbocycles. The van der Waals surface area contributed by atoms with E-state index in [2.05, 4.69) is 4.98 Å². The standard InChI is InChI=1S/C8H6ClF2N3/c9-7-4(1-2-12)5(13)3-6(14-7)8(10)11/h3,8H,1H2,(H2,13,14). The molecule has 0 aliphatic rings. The summed E-state index contributed by atoms with van der Waals surface area (Å²) < 4.78 is 24.4. The van der Waals surface area contributed by atoms with Crippen molar-refractivity contribution < 1.29 is 8.78 Å². The second kappa shape index (κ2) is 4.20. The van der Waals surface area contributed by atoms with Crippen LogP contribution in [0.1, 0.15) is 17.7 Å². The van der Waals surface area contributed by atoms with Crippen molar-refractivity contribution in [1.82, 2.24) is 4.98 Å². The summed E-state index contributed by atoms with van der Waals surface area (Å²) in [5.74, 6) is 0. The zero-order valence-corrected chi connectivity index (χ0v) is 7.72. The lowest BCUT2D eigenvalue weighted by Crippen LogP contribution is -2.01. The first-order chi connectivity index (χ1) is 6.56. The minimum Gasteiger partial charge on any atom is -0.398 e. The lowest BCUT2D eigenvalue weighted by atomic mass is 10.1. The molecule has 1 rings (SSSR count). The van der Waals surface area contributed by atoms with Gasteiger partial charge in [-0.3, -0.25) is 0 Å². The number of hydrogen-bond acceptors (Lipinski definition) is 3. The number of nitrogens with zero attached hydrogens (tertiary/aromatic N) is 2. The molecular weight excluding hydrogens is 212 g/mol. The van der Waals surface area contributed by atoms with Gasteiger partial charge in [0.15, 0.2) is 0 Å². The Labute approximate surface area is 84.1 Å². The third-order valence-corrected chi connectivity index (χ3v) is 1.92. The highest BCUT2D eigenvalue weighted by Gasteiger charge is 2.14. The molecule has 0 fully saturated rings. The maximum atomic E-state index is 12.2. The fraction of sp³-hybridized carbons (Fsp3) is 0.250. The topological polar surface area (TPSA) is 62.7 Å². The molecule has 1 aromatic heterocycles. The number of nitrogens with two attached hydrogens (primary N) is 1. The van der Waals surface area contributed by atoms with Crippen LogP contribution in [0.15, 0.2) is 6.07 Å². The molecule has 1 heterocycles. The quantitative estimate of drug-likeness (QED) is 0.774. The van der Waals surface area contributed by atoms with Crippen molar-refractivity contribution in [3.63, 3.8) is 0 Å². The third-order valence-electron chi connectivity index (χ3n) is 1.61. The van der Waals surface area contributed by atoms with Gasteiger partial charge in [0, 0.05) is 11.3 Å². The van der Waals surface area contributed by atoms with E-state index in [4.69, 9.17) is 22.6 Å². The molecule has 0 saturated heterocycles. The van der Waals surface area contributed by atoms with Crippen LogP contribution in [-0.4, -0.2) is 4.98 Å². The molecule has 0 radical (unpaired) electrons. The Bertz CT molecular complexity index is 364. The van der Waals surface area contributed by atoms with Gasteiger partial charge in [-0.2, -0.15) is 5.26 Å². The van der Waals surface area contributed by atoms with E-state index in [1.165, 1.54) is 0 Å². The maximum Gasteiger partial charge on any atom is 0.280 e. The molecule has 1 aromatic rings. The molecule has 6 heteroatoms. The Kier molecular flexibility index (Phi) is 3.20. The van der Waals surface area contributed by atoms with Gasteiger partial charge in [0.2, 0.25) is 0 Å². The summed E-state index contributed by atoms with van der Waals surface area (Å²) in [4.78, 5) is 3.44. The highest BCUT2D eigenvalue weighted by Crippen LogP contribution is 2.26. The third kappa shape index (κ3) is 2.09. The van der Waals surface area contributed by atoms with Crippen molar-refractivity contribution in [3.05, 3.63) is 22.5 Å². The average Bonchev–Trinajstić information content (AvgIpc) is 2.10. The fourth-order valence-corrected chi connectivity index (χ4v) is 1.22. The van der Waals surface area contributed by atoms with E-state index in [-0.39, 0.29) is 17.3 Å². The van der Waals surface area contributed by atoms with E-state index in [1.807, 2.05) is 6.07 Å². The van der Waals surface area contributed by atoms with Gasteiger partial charge >= 0.3 is 0 Å². The van der Waals surface area contributed by atoms with Crippen molar-refractivity contribution >= 4 is 17.3 Å². The van der Waals surface area contributed by atoms with Crippen LogP contribution in [0.2, 0.25) is 5.15 Å². The normalized spacial score (nSPS) is 10.2. The second-order valence-corrected chi connectivity index (χ2v) is 2.90. The Morgan fingerprint density at radius 2 is 2.29 bits per heavy atom. The smallest absolute Gasteiger partial charge is 0.280 e. The predicted octanol–water partition coefficient (Wildman–Crippen LogP) is 2.32. The van der Waals surface area contributed by atoms with E-state index in [0.29, 0.717) is 5.56 Å². The number of rotatable bonds is 2. The summed E-state index contributed by atoms with van der Waals surface area (Å²) in [5.41, 5.74) is 5.32. The van der Waals surface area contributed by atoms with Crippen LogP contribution >= 0.6 is 11.6 Å². The van der Waals surface area contributed by atoms with Crippen LogP contribution in [-0.2, 0) is 6.42 Å². The summed E-state index contributed by atoms with van der Waals surface area (Å²) in [5, 5.41) is 8.27. The number of nitrogen functional groups attached to an aromatic ring is 1. The summed E-state index contributed by atoms with van der Waals surface area (Å²) >= 11 is 5.58. The first-order valence-electron chi connectivity index (χ1n) is 3.66. The summed E-state index contributed by atoms with van der Waals surface area (Å²) in [6.07, 6.45) is -2.76. The molecule has 0 aliphatic heterocycles. The zero-order valence-electron chi connectivity index (χ0n) is 6.97. The lowest BCUT2D eigenvalue weighted by molar-refractivity contribution is 0.146. The highest BCUT2D eigenvalue weighted by atomic mass is 35.5. The van der Waals surface area contributed by atoms with Gasteiger partial charge < -0.3 is 5.73 Å². The first-order valence-corrected chi connectivity index (χ1v) is 4.04. The van der Waals surface area contributed by atoms with Gasteiger partial charge in [-0.15, -0.1) is 0 Å². The largest absolute Gasteiger partial charge is 0.398 e. The number of nitriles is 1. The molecule has 0 aromatic carbocycles. The Morgan fingerprint density at radius 1 is 1.64 bits per heavy atom. The number of halogens is 3. The van der Waals surface area contributed by atoms with E-state index in [0.717, 1.165) is 6.07 Å². The van der Waals surface area contributed by atoms with Crippen LogP contribution in [0.5, 0.6) is 0 Å². The summed E-state index contributed by atoms with van der Waals surface area (Å²) in [6.45, 7) is 0. The molecule has 0 saturated carbocycles. The van der Waals surface area contributed by atoms with Crippen molar-refractivity contribution in [1.29, 1.82) is 5.26 Å². The minimum absolute atomic E-state index is 0.0405. The van der Waals surface area contributed by atoms with Crippen LogP contribution in [0.3, 0.4) is 0 Å². The number of pyridine rings is 1. The molecule has 0 spiro atoms. The Balaban J connectivity index is 3.19. The van der Waals surface area contributed by atoms with Gasteiger partial charge in [-0.25, -0.2) is 13.8 Å². The van der Waals surface area contributed by atoms with E-state index >= 15 is 0 Å². The van der Waals surface area contributed by atoms with Gasteiger partial charge in [-0.05, 0) is 6.07 Å². The van der Waals surface area contributed by atoms with Gasteiger partial charge in [0.05, 0.1) is 12.5 Å². The molecule has 0 unspecified atom stereocenters. The number of aromatic nitrogens is 1. The molecular formula is C8H6ClF2N3. The highest BCUT2D eigenvalue weighted by molar-refractivity contribution is 6.30. The SMILES string of the molecule is N#CCc1c(N)cc(C(F)F)nc1Cl.